The van der Waals surface area contributed by atoms with E-state index in [4.69, 9.17) is 0 Å². The van der Waals surface area contributed by atoms with Crippen LogP contribution >= 0.6 is 0 Å². The Balaban J connectivity index is 2.04. The van der Waals surface area contributed by atoms with Crippen molar-refractivity contribution < 1.29 is 14.3 Å². The molecular formula is C15H15FN2O2. The molecule has 1 aliphatic rings. The fourth-order valence-corrected chi connectivity index (χ4v) is 2.69. The highest BCUT2D eigenvalue weighted by Crippen LogP contribution is 2.35. The molecule has 5 heteroatoms. The van der Waals surface area contributed by atoms with Gasteiger partial charge in [0, 0.05) is 24.7 Å². The number of halogens is 1. The zero-order valence-electron chi connectivity index (χ0n) is 11.1. The maximum atomic E-state index is 13.4. The zero-order valence-corrected chi connectivity index (χ0v) is 11.1. The van der Waals surface area contributed by atoms with Gasteiger partial charge in [-0.25, -0.2) is 9.37 Å². The van der Waals surface area contributed by atoms with Gasteiger partial charge in [0.05, 0.1) is 5.41 Å². The molecule has 3 rings (SSSR count). The molecule has 20 heavy (non-hydrogen) atoms. The molecule has 0 spiro atoms. The molecule has 1 fully saturated rings. The summed E-state index contributed by atoms with van der Waals surface area (Å²) < 4.78 is 13.4. The third kappa shape index (κ3) is 1.99. The number of carboxylic acid groups (broad SMARTS) is 1. The molecule has 1 unspecified atom stereocenters. The van der Waals surface area contributed by atoms with Crippen molar-refractivity contribution >= 4 is 22.6 Å². The molecule has 1 aromatic heterocycles. The molecule has 1 atom stereocenters. The molecule has 0 saturated carbocycles. The molecular weight excluding hydrogens is 259 g/mol. The van der Waals surface area contributed by atoms with Crippen LogP contribution in [-0.2, 0) is 4.79 Å². The van der Waals surface area contributed by atoms with Crippen LogP contribution in [0.5, 0.6) is 0 Å². The third-order valence-electron chi connectivity index (χ3n) is 4.00. The standard InChI is InChI=1S/C15H15FN2O2/c1-15(14(19)20)5-7-18(9-15)13-12-8-11(16)3-2-10(12)4-6-17-13/h2-4,6,8H,5,7,9H2,1H3,(H,19,20). The first kappa shape index (κ1) is 12.8. The summed E-state index contributed by atoms with van der Waals surface area (Å²) in [7, 11) is 0. The van der Waals surface area contributed by atoms with E-state index in [1.807, 2.05) is 11.0 Å². The number of hydrogen-bond donors (Lipinski definition) is 1. The lowest BCUT2D eigenvalue weighted by atomic mass is 9.90. The summed E-state index contributed by atoms with van der Waals surface area (Å²) in [6.07, 6.45) is 2.24. The second kappa shape index (κ2) is 4.44. The predicted octanol–water partition coefficient (Wildman–Crippen LogP) is 2.67. The van der Waals surface area contributed by atoms with E-state index in [1.54, 1.807) is 19.2 Å². The second-order valence-corrected chi connectivity index (χ2v) is 5.54. The maximum Gasteiger partial charge on any atom is 0.311 e. The number of pyridine rings is 1. The van der Waals surface area contributed by atoms with E-state index < -0.39 is 11.4 Å². The van der Waals surface area contributed by atoms with Crippen molar-refractivity contribution in [2.75, 3.05) is 18.0 Å². The predicted molar refractivity (Wildman–Crippen MR) is 74.3 cm³/mol. The topological polar surface area (TPSA) is 53.4 Å². The van der Waals surface area contributed by atoms with Gasteiger partial charge in [0.15, 0.2) is 0 Å². The largest absolute Gasteiger partial charge is 0.481 e. The van der Waals surface area contributed by atoms with Gasteiger partial charge >= 0.3 is 5.97 Å². The molecule has 0 radical (unpaired) electrons. The van der Waals surface area contributed by atoms with Crippen LogP contribution in [0.2, 0.25) is 0 Å². The number of carbonyl (C=O) groups is 1. The Labute approximate surface area is 115 Å². The van der Waals surface area contributed by atoms with Gasteiger partial charge in [-0.3, -0.25) is 4.79 Å². The van der Waals surface area contributed by atoms with Crippen molar-refractivity contribution in [1.82, 2.24) is 4.98 Å². The van der Waals surface area contributed by atoms with Gasteiger partial charge in [-0.05, 0) is 36.9 Å². The van der Waals surface area contributed by atoms with Crippen LogP contribution in [0, 0.1) is 11.2 Å². The highest BCUT2D eigenvalue weighted by molar-refractivity contribution is 5.92. The van der Waals surface area contributed by atoms with E-state index in [0.29, 0.717) is 25.3 Å². The summed E-state index contributed by atoms with van der Waals surface area (Å²) in [5.74, 6) is -0.453. The summed E-state index contributed by atoms with van der Waals surface area (Å²) in [5.41, 5.74) is -0.767. The number of anilines is 1. The fourth-order valence-electron chi connectivity index (χ4n) is 2.69. The van der Waals surface area contributed by atoms with E-state index in [-0.39, 0.29) is 5.82 Å². The van der Waals surface area contributed by atoms with Gasteiger partial charge in [-0.15, -0.1) is 0 Å². The lowest BCUT2D eigenvalue weighted by Crippen LogP contribution is -2.32. The van der Waals surface area contributed by atoms with Gasteiger partial charge in [-0.2, -0.15) is 0 Å². The van der Waals surface area contributed by atoms with Gasteiger partial charge in [0.2, 0.25) is 0 Å². The van der Waals surface area contributed by atoms with E-state index in [9.17, 15) is 14.3 Å². The van der Waals surface area contributed by atoms with Crippen molar-refractivity contribution in [2.24, 2.45) is 5.41 Å². The lowest BCUT2D eigenvalue weighted by molar-refractivity contribution is -0.146. The molecule has 2 aromatic rings. The Bertz CT molecular complexity index is 689. The molecule has 0 bridgehead atoms. The van der Waals surface area contributed by atoms with E-state index in [1.165, 1.54) is 12.1 Å². The second-order valence-electron chi connectivity index (χ2n) is 5.54. The summed E-state index contributed by atoms with van der Waals surface area (Å²) in [5, 5.41) is 10.9. The highest BCUT2D eigenvalue weighted by Gasteiger charge is 2.41. The molecule has 4 nitrogen and oxygen atoms in total. The first-order valence-electron chi connectivity index (χ1n) is 6.52. The van der Waals surface area contributed by atoms with E-state index >= 15 is 0 Å². The van der Waals surface area contributed by atoms with Gasteiger partial charge in [0.1, 0.15) is 11.6 Å². The number of aliphatic carboxylic acids is 1. The average Bonchev–Trinajstić information content (AvgIpc) is 2.82. The number of nitrogens with zero attached hydrogens (tertiary/aromatic N) is 2. The van der Waals surface area contributed by atoms with Crippen LogP contribution in [-0.4, -0.2) is 29.1 Å². The quantitative estimate of drug-likeness (QED) is 0.914. The van der Waals surface area contributed by atoms with Gasteiger partial charge in [0.25, 0.3) is 0 Å². The van der Waals surface area contributed by atoms with Crippen LogP contribution in [0.25, 0.3) is 10.8 Å². The van der Waals surface area contributed by atoms with Crippen molar-refractivity contribution in [1.29, 1.82) is 0 Å². The number of benzene rings is 1. The van der Waals surface area contributed by atoms with Crippen LogP contribution < -0.4 is 4.90 Å². The zero-order chi connectivity index (χ0) is 14.3. The normalized spacial score (nSPS) is 22.4. The molecule has 1 saturated heterocycles. The average molecular weight is 274 g/mol. The fraction of sp³-hybridized carbons (Fsp3) is 0.333. The Morgan fingerprint density at radius 1 is 1.45 bits per heavy atom. The van der Waals surface area contributed by atoms with Crippen LogP contribution in [0.3, 0.4) is 0 Å². The molecule has 104 valence electrons. The number of fused-ring (bicyclic) bond motifs is 1. The summed E-state index contributed by atoms with van der Waals surface area (Å²) in [4.78, 5) is 17.6. The summed E-state index contributed by atoms with van der Waals surface area (Å²) in [6, 6.07) is 6.40. The highest BCUT2D eigenvalue weighted by atomic mass is 19.1. The van der Waals surface area contributed by atoms with Crippen molar-refractivity contribution in [3.05, 3.63) is 36.3 Å². The number of hydrogen-bond acceptors (Lipinski definition) is 3. The molecule has 1 aromatic carbocycles. The Kier molecular flexibility index (Phi) is 2.85. The van der Waals surface area contributed by atoms with E-state index in [2.05, 4.69) is 4.98 Å². The molecule has 2 heterocycles. The van der Waals surface area contributed by atoms with Crippen molar-refractivity contribution in [3.63, 3.8) is 0 Å². The van der Waals surface area contributed by atoms with Crippen LogP contribution in [0.4, 0.5) is 10.2 Å². The molecule has 0 amide bonds. The van der Waals surface area contributed by atoms with Gasteiger partial charge < -0.3 is 10.0 Å². The van der Waals surface area contributed by atoms with Crippen LogP contribution in [0.15, 0.2) is 30.5 Å². The molecule has 1 N–H and O–H groups in total. The Hall–Kier alpha value is -2.17. The van der Waals surface area contributed by atoms with E-state index in [0.717, 1.165) is 10.8 Å². The minimum Gasteiger partial charge on any atom is -0.481 e. The number of aromatic nitrogens is 1. The summed E-state index contributed by atoms with van der Waals surface area (Å²) >= 11 is 0. The Morgan fingerprint density at radius 3 is 2.95 bits per heavy atom. The summed E-state index contributed by atoms with van der Waals surface area (Å²) in [6.45, 7) is 2.75. The lowest BCUT2D eigenvalue weighted by Gasteiger charge is -2.22. The minimum atomic E-state index is -0.800. The first-order chi connectivity index (χ1) is 9.49. The number of rotatable bonds is 2. The smallest absolute Gasteiger partial charge is 0.311 e. The third-order valence-corrected chi connectivity index (χ3v) is 4.00. The van der Waals surface area contributed by atoms with Crippen molar-refractivity contribution in [2.45, 2.75) is 13.3 Å². The first-order valence-corrected chi connectivity index (χ1v) is 6.52. The minimum absolute atomic E-state index is 0.313. The van der Waals surface area contributed by atoms with Crippen molar-refractivity contribution in [3.8, 4) is 0 Å². The number of carboxylic acids is 1. The SMILES string of the molecule is CC1(C(=O)O)CCN(c2nccc3ccc(F)cc23)C1. The molecule has 1 aliphatic heterocycles. The molecule has 0 aliphatic carbocycles. The van der Waals surface area contributed by atoms with Gasteiger partial charge in [-0.1, -0.05) is 6.07 Å². The maximum absolute atomic E-state index is 13.4. The van der Waals surface area contributed by atoms with Crippen LogP contribution in [0.1, 0.15) is 13.3 Å². The Morgan fingerprint density at radius 2 is 2.25 bits per heavy atom. The monoisotopic (exact) mass is 274 g/mol.